The van der Waals surface area contributed by atoms with Crippen LogP contribution in [0.1, 0.15) is 12.0 Å². The van der Waals surface area contributed by atoms with Gasteiger partial charge in [0.25, 0.3) is 0 Å². The van der Waals surface area contributed by atoms with Crippen LogP contribution in [0, 0.1) is 11.6 Å². The van der Waals surface area contributed by atoms with Gasteiger partial charge in [-0.3, -0.25) is 0 Å². The van der Waals surface area contributed by atoms with Crippen LogP contribution in [0.3, 0.4) is 0 Å². The minimum atomic E-state index is -0.556. The van der Waals surface area contributed by atoms with E-state index in [1.807, 2.05) is 0 Å². The fraction of sp³-hybridized carbons (Fsp3) is 0.571. The van der Waals surface area contributed by atoms with Crippen LogP contribution in [0.4, 0.5) is 8.78 Å². The Hall–Kier alpha value is -1.04. The van der Waals surface area contributed by atoms with Gasteiger partial charge in [0, 0.05) is 51.0 Å². The molecule has 0 amide bonds. The molecule has 0 unspecified atom stereocenters. The zero-order chi connectivity index (χ0) is 13.5. The molecule has 1 saturated heterocycles. The highest BCUT2D eigenvalue weighted by Gasteiger charge is 2.08. The van der Waals surface area contributed by atoms with E-state index in [1.165, 1.54) is 12.1 Å². The van der Waals surface area contributed by atoms with Gasteiger partial charge in [-0.05, 0) is 12.5 Å². The van der Waals surface area contributed by atoms with Gasteiger partial charge in [-0.15, -0.1) is 0 Å². The van der Waals surface area contributed by atoms with Crippen molar-refractivity contribution in [2.24, 2.45) is 0 Å². The van der Waals surface area contributed by atoms with Crippen LogP contribution in [-0.4, -0.2) is 44.2 Å². The number of benzene rings is 1. The van der Waals surface area contributed by atoms with Crippen molar-refractivity contribution in [3.63, 3.8) is 0 Å². The van der Waals surface area contributed by atoms with Gasteiger partial charge < -0.3 is 15.0 Å². The van der Waals surface area contributed by atoms with Gasteiger partial charge in [-0.25, -0.2) is 8.78 Å². The Balaban J connectivity index is 1.61. The summed E-state index contributed by atoms with van der Waals surface area (Å²) in [5, 5.41) is 3.30. The van der Waals surface area contributed by atoms with Gasteiger partial charge in [0.05, 0.1) is 6.61 Å². The Bertz CT molecular complexity index is 395. The molecule has 1 fully saturated rings. The summed E-state index contributed by atoms with van der Waals surface area (Å²) in [6.45, 7) is 6.05. The molecule has 0 aliphatic carbocycles. The first-order chi connectivity index (χ1) is 9.25. The quantitative estimate of drug-likeness (QED) is 0.797. The third kappa shape index (κ3) is 4.86. The minimum absolute atomic E-state index is 0.202. The maximum Gasteiger partial charge on any atom is 0.131 e. The molecule has 0 atom stereocenters. The Labute approximate surface area is 112 Å². The number of hydrogen-bond acceptors (Lipinski definition) is 3. The van der Waals surface area contributed by atoms with E-state index >= 15 is 0 Å². The first kappa shape index (κ1) is 14.4. The molecule has 3 nitrogen and oxygen atoms in total. The first-order valence-corrected chi connectivity index (χ1v) is 6.70. The molecular weight excluding hydrogens is 250 g/mol. The topological polar surface area (TPSA) is 24.5 Å². The molecule has 1 aliphatic rings. The van der Waals surface area contributed by atoms with Gasteiger partial charge in [-0.1, -0.05) is 6.07 Å². The van der Waals surface area contributed by atoms with E-state index in [1.54, 1.807) is 0 Å². The summed E-state index contributed by atoms with van der Waals surface area (Å²) >= 11 is 0. The zero-order valence-corrected chi connectivity index (χ0v) is 11.0. The molecule has 2 rings (SSSR count). The molecule has 1 heterocycles. The van der Waals surface area contributed by atoms with E-state index < -0.39 is 11.6 Å². The summed E-state index contributed by atoms with van der Waals surface area (Å²) in [5.41, 5.74) is 0.406. The highest BCUT2D eigenvalue weighted by atomic mass is 19.1. The number of nitrogens with one attached hydrogen (secondary N) is 1. The average molecular weight is 270 g/mol. The Morgan fingerprint density at radius 3 is 2.74 bits per heavy atom. The van der Waals surface area contributed by atoms with Gasteiger partial charge >= 0.3 is 0 Å². The first-order valence-electron chi connectivity index (χ1n) is 6.70. The second-order valence-electron chi connectivity index (χ2n) is 4.73. The summed E-state index contributed by atoms with van der Waals surface area (Å²) in [5.74, 6) is -1.10. The van der Waals surface area contributed by atoms with Crippen LogP contribution in [0.5, 0.6) is 0 Å². The molecule has 1 aromatic rings. The zero-order valence-electron chi connectivity index (χ0n) is 11.0. The lowest BCUT2D eigenvalue weighted by Crippen LogP contribution is -2.43. The molecule has 1 aromatic carbocycles. The molecule has 0 spiro atoms. The molecule has 5 heteroatoms. The Morgan fingerprint density at radius 2 is 2.00 bits per heavy atom. The molecule has 0 saturated carbocycles. The number of hydrogen-bond donors (Lipinski definition) is 1. The smallest absolute Gasteiger partial charge is 0.131 e. The molecule has 1 aliphatic heterocycles. The lowest BCUT2D eigenvalue weighted by atomic mass is 10.2. The lowest BCUT2D eigenvalue weighted by Gasteiger charge is -2.26. The molecule has 0 bridgehead atoms. The van der Waals surface area contributed by atoms with E-state index in [-0.39, 0.29) is 6.61 Å². The third-order valence-electron chi connectivity index (χ3n) is 3.25. The van der Waals surface area contributed by atoms with E-state index in [0.717, 1.165) is 45.2 Å². The van der Waals surface area contributed by atoms with Crippen molar-refractivity contribution in [1.82, 2.24) is 10.2 Å². The van der Waals surface area contributed by atoms with Crippen molar-refractivity contribution in [3.8, 4) is 0 Å². The fourth-order valence-corrected chi connectivity index (χ4v) is 2.15. The maximum atomic E-state index is 13.3. The van der Waals surface area contributed by atoms with E-state index in [9.17, 15) is 8.78 Å². The fourth-order valence-electron chi connectivity index (χ4n) is 2.15. The number of rotatable bonds is 6. The average Bonchev–Trinajstić information content (AvgIpc) is 2.42. The van der Waals surface area contributed by atoms with Crippen LogP contribution >= 0.6 is 0 Å². The Kier molecular flexibility index (Phi) is 5.69. The van der Waals surface area contributed by atoms with Gasteiger partial charge in [-0.2, -0.15) is 0 Å². The van der Waals surface area contributed by atoms with E-state index in [4.69, 9.17) is 4.74 Å². The minimum Gasteiger partial charge on any atom is -0.377 e. The molecular formula is C14H20F2N2O. The molecule has 0 radical (unpaired) electrons. The standard InChI is InChI=1S/C14H20F2N2O/c15-13-3-2-12(14(16)10-13)11-19-9-1-6-18-7-4-17-5-8-18/h2-3,10,17H,1,4-9,11H2. The SMILES string of the molecule is Fc1ccc(COCCCN2CCNCC2)c(F)c1. The lowest BCUT2D eigenvalue weighted by molar-refractivity contribution is 0.104. The van der Waals surface area contributed by atoms with Gasteiger partial charge in [0.15, 0.2) is 0 Å². The van der Waals surface area contributed by atoms with Crippen molar-refractivity contribution >= 4 is 0 Å². The predicted molar refractivity (Wildman–Crippen MR) is 69.9 cm³/mol. The second-order valence-corrected chi connectivity index (χ2v) is 4.73. The van der Waals surface area contributed by atoms with Crippen LogP contribution < -0.4 is 5.32 Å². The highest BCUT2D eigenvalue weighted by molar-refractivity contribution is 5.17. The number of piperazine rings is 1. The molecule has 19 heavy (non-hydrogen) atoms. The molecule has 0 aromatic heterocycles. The van der Waals surface area contributed by atoms with E-state index in [0.29, 0.717) is 12.2 Å². The van der Waals surface area contributed by atoms with Gasteiger partial charge in [0.1, 0.15) is 11.6 Å². The van der Waals surface area contributed by atoms with Crippen LogP contribution in [0.2, 0.25) is 0 Å². The third-order valence-corrected chi connectivity index (χ3v) is 3.25. The van der Waals surface area contributed by atoms with E-state index in [2.05, 4.69) is 10.2 Å². The van der Waals surface area contributed by atoms with Crippen molar-refractivity contribution in [2.45, 2.75) is 13.0 Å². The summed E-state index contributed by atoms with van der Waals surface area (Å²) in [6, 6.07) is 3.57. The number of nitrogens with zero attached hydrogens (tertiary/aromatic N) is 1. The number of ether oxygens (including phenoxy) is 1. The van der Waals surface area contributed by atoms with Crippen molar-refractivity contribution < 1.29 is 13.5 Å². The Morgan fingerprint density at radius 1 is 1.21 bits per heavy atom. The molecule has 106 valence electrons. The van der Waals surface area contributed by atoms with Crippen molar-refractivity contribution in [3.05, 3.63) is 35.4 Å². The summed E-state index contributed by atoms with van der Waals surface area (Å²) < 4.78 is 31.4. The normalized spacial score (nSPS) is 16.7. The summed E-state index contributed by atoms with van der Waals surface area (Å²) in [4.78, 5) is 2.39. The summed E-state index contributed by atoms with van der Waals surface area (Å²) in [6.07, 6.45) is 0.933. The summed E-state index contributed by atoms with van der Waals surface area (Å²) in [7, 11) is 0. The highest BCUT2D eigenvalue weighted by Crippen LogP contribution is 2.10. The van der Waals surface area contributed by atoms with Crippen LogP contribution in [0.15, 0.2) is 18.2 Å². The largest absolute Gasteiger partial charge is 0.377 e. The van der Waals surface area contributed by atoms with Crippen molar-refractivity contribution in [2.75, 3.05) is 39.3 Å². The van der Waals surface area contributed by atoms with Crippen LogP contribution in [0.25, 0.3) is 0 Å². The monoisotopic (exact) mass is 270 g/mol. The van der Waals surface area contributed by atoms with Crippen molar-refractivity contribution in [1.29, 1.82) is 0 Å². The maximum absolute atomic E-state index is 13.3. The second kappa shape index (κ2) is 7.53. The molecule has 1 N–H and O–H groups in total. The predicted octanol–water partition coefficient (Wildman–Crippen LogP) is 1.78. The van der Waals surface area contributed by atoms with Crippen LogP contribution in [-0.2, 0) is 11.3 Å². The van der Waals surface area contributed by atoms with Gasteiger partial charge in [0.2, 0.25) is 0 Å². The number of halogens is 2.